The summed E-state index contributed by atoms with van der Waals surface area (Å²) in [4.78, 5) is 1.34. The van der Waals surface area contributed by atoms with Gasteiger partial charge in [-0.05, 0) is 24.9 Å². The van der Waals surface area contributed by atoms with Crippen LogP contribution >= 0.6 is 11.3 Å². The Morgan fingerprint density at radius 1 is 1.16 bits per heavy atom. The van der Waals surface area contributed by atoms with Gasteiger partial charge in [0.05, 0.1) is 12.0 Å². The minimum Gasteiger partial charge on any atom is -0.496 e. The lowest BCUT2D eigenvalue weighted by Gasteiger charge is -2.16. The van der Waals surface area contributed by atoms with Crippen molar-refractivity contribution in [2.24, 2.45) is 0 Å². The Morgan fingerprint density at radius 2 is 1.84 bits per heavy atom. The molecule has 1 aromatic heterocycles. The maximum Gasteiger partial charge on any atom is 0.134 e. The molecule has 1 atom stereocenters. The molecule has 0 radical (unpaired) electrons. The third-order valence-electron chi connectivity index (χ3n) is 3.64. The van der Waals surface area contributed by atoms with Gasteiger partial charge in [-0.25, -0.2) is 0 Å². The molecule has 0 saturated carbocycles. The van der Waals surface area contributed by atoms with E-state index >= 15 is 0 Å². The van der Waals surface area contributed by atoms with Crippen LogP contribution in [-0.4, -0.2) is 14.2 Å². The molecule has 0 bridgehead atoms. The van der Waals surface area contributed by atoms with Gasteiger partial charge in [-0.1, -0.05) is 51.9 Å². The van der Waals surface area contributed by atoms with E-state index in [4.69, 9.17) is 4.74 Å². The van der Waals surface area contributed by atoms with Crippen molar-refractivity contribution < 1.29 is 4.74 Å². The summed E-state index contributed by atoms with van der Waals surface area (Å²) in [6.07, 6.45) is 10.8. The lowest BCUT2D eigenvalue weighted by atomic mass is 10.0. The molecule has 1 heterocycles. The zero-order valence-corrected chi connectivity index (χ0v) is 13.5. The molecule has 0 spiro atoms. The van der Waals surface area contributed by atoms with Gasteiger partial charge >= 0.3 is 0 Å². The molecule has 3 heteroatoms. The number of rotatable bonds is 11. The maximum atomic E-state index is 5.41. The van der Waals surface area contributed by atoms with Crippen molar-refractivity contribution in [1.29, 1.82) is 0 Å². The van der Waals surface area contributed by atoms with Crippen molar-refractivity contribution in [2.75, 3.05) is 14.2 Å². The first kappa shape index (κ1) is 16.5. The topological polar surface area (TPSA) is 21.3 Å². The summed E-state index contributed by atoms with van der Waals surface area (Å²) in [7, 11) is 3.80. The predicted octanol–water partition coefficient (Wildman–Crippen LogP) is 5.16. The SMILES string of the molecule is CCCCCCCCCC(NC)c1sccc1OC. The molecule has 0 amide bonds. The van der Waals surface area contributed by atoms with Gasteiger partial charge in [-0.3, -0.25) is 0 Å². The minimum absolute atomic E-state index is 0.450. The molecule has 0 aliphatic rings. The van der Waals surface area contributed by atoms with Crippen LogP contribution in [0.25, 0.3) is 0 Å². The van der Waals surface area contributed by atoms with Gasteiger partial charge in [0.2, 0.25) is 0 Å². The fourth-order valence-electron chi connectivity index (χ4n) is 2.44. The average Bonchev–Trinajstić information content (AvgIpc) is 2.90. The highest BCUT2D eigenvalue weighted by Crippen LogP contribution is 2.33. The normalized spacial score (nSPS) is 12.6. The van der Waals surface area contributed by atoms with Gasteiger partial charge in [0.15, 0.2) is 0 Å². The number of ether oxygens (including phenoxy) is 1. The van der Waals surface area contributed by atoms with Crippen LogP contribution in [0.1, 0.15) is 69.2 Å². The number of hydrogen-bond acceptors (Lipinski definition) is 3. The summed E-state index contributed by atoms with van der Waals surface area (Å²) >= 11 is 1.79. The third-order valence-corrected chi connectivity index (χ3v) is 4.65. The van der Waals surface area contributed by atoms with E-state index in [9.17, 15) is 0 Å². The Kier molecular flexibility index (Phi) is 8.93. The number of thiophene rings is 1. The second-order valence-electron chi connectivity index (χ2n) is 5.10. The molecule has 110 valence electrons. The fourth-order valence-corrected chi connectivity index (χ4v) is 3.45. The quantitative estimate of drug-likeness (QED) is 0.566. The van der Waals surface area contributed by atoms with E-state index in [-0.39, 0.29) is 0 Å². The van der Waals surface area contributed by atoms with E-state index < -0.39 is 0 Å². The van der Waals surface area contributed by atoms with Crippen molar-refractivity contribution in [1.82, 2.24) is 5.32 Å². The molecule has 2 nitrogen and oxygen atoms in total. The lowest BCUT2D eigenvalue weighted by molar-refractivity contribution is 0.400. The molecule has 0 saturated heterocycles. The number of unbranched alkanes of at least 4 members (excludes halogenated alkanes) is 6. The van der Waals surface area contributed by atoms with E-state index in [1.54, 1.807) is 18.4 Å². The van der Waals surface area contributed by atoms with Crippen molar-refractivity contribution in [3.63, 3.8) is 0 Å². The van der Waals surface area contributed by atoms with Crippen molar-refractivity contribution in [3.05, 3.63) is 16.3 Å². The summed E-state index contributed by atoms with van der Waals surface area (Å²) < 4.78 is 5.41. The van der Waals surface area contributed by atoms with E-state index in [1.165, 1.54) is 56.2 Å². The van der Waals surface area contributed by atoms with Gasteiger partial charge in [0, 0.05) is 6.04 Å². The van der Waals surface area contributed by atoms with E-state index in [0.717, 1.165) is 5.75 Å². The molecular formula is C16H29NOS. The summed E-state index contributed by atoms with van der Waals surface area (Å²) in [5, 5.41) is 5.54. The minimum atomic E-state index is 0.450. The van der Waals surface area contributed by atoms with Crippen molar-refractivity contribution in [2.45, 2.75) is 64.3 Å². The van der Waals surface area contributed by atoms with Gasteiger partial charge in [-0.15, -0.1) is 11.3 Å². The Morgan fingerprint density at radius 3 is 2.47 bits per heavy atom. The van der Waals surface area contributed by atoms with E-state index in [0.29, 0.717) is 6.04 Å². The van der Waals surface area contributed by atoms with Crippen LogP contribution in [0.3, 0.4) is 0 Å². The Hall–Kier alpha value is -0.540. The van der Waals surface area contributed by atoms with Crippen LogP contribution in [0.5, 0.6) is 5.75 Å². The van der Waals surface area contributed by atoms with Gasteiger partial charge in [0.25, 0.3) is 0 Å². The van der Waals surface area contributed by atoms with Crippen molar-refractivity contribution >= 4 is 11.3 Å². The molecule has 0 fully saturated rings. The second kappa shape index (κ2) is 10.3. The lowest BCUT2D eigenvalue weighted by Crippen LogP contribution is -2.15. The largest absolute Gasteiger partial charge is 0.496 e. The second-order valence-corrected chi connectivity index (χ2v) is 6.05. The molecule has 19 heavy (non-hydrogen) atoms. The molecule has 1 unspecified atom stereocenters. The first-order valence-electron chi connectivity index (χ1n) is 7.62. The highest BCUT2D eigenvalue weighted by atomic mass is 32.1. The van der Waals surface area contributed by atoms with Crippen molar-refractivity contribution in [3.8, 4) is 5.75 Å². The third kappa shape index (κ3) is 5.96. The van der Waals surface area contributed by atoms with Gasteiger partial charge in [-0.2, -0.15) is 0 Å². The van der Waals surface area contributed by atoms with Crippen LogP contribution in [-0.2, 0) is 0 Å². The zero-order valence-electron chi connectivity index (χ0n) is 12.7. The fraction of sp³-hybridized carbons (Fsp3) is 0.750. The smallest absolute Gasteiger partial charge is 0.134 e. The first-order valence-corrected chi connectivity index (χ1v) is 8.50. The summed E-state index contributed by atoms with van der Waals surface area (Å²) in [6, 6.07) is 2.51. The maximum absolute atomic E-state index is 5.41. The number of nitrogens with one attached hydrogen (secondary N) is 1. The average molecular weight is 283 g/mol. The Labute approximate surface area is 122 Å². The summed E-state index contributed by atoms with van der Waals surface area (Å²) in [5.74, 6) is 1.03. The van der Waals surface area contributed by atoms with Crippen LogP contribution in [0.2, 0.25) is 0 Å². The zero-order chi connectivity index (χ0) is 13.9. The monoisotopic (exact) mass is 283 g/mol. The van der Waals surface area contributed by atoms with Crippen LogP contribution in [0.15, 0.2) is 11.4 Å². The summed E-state index contributed by atoms with van der Waals surface area (Å²) in [6.45, 7) is 2.27. The Balaban J connectivity index is 2.22. The van der Waals surface area contributed by atoms with Crippen LogP contribution in [0, 0.1) is 0 Å². The first-order chi connectivity index (χ1) is 9.33. The highest BCUT2D eigenvalue weighted by molar-refractivity contribution is 7.10. The molecule has 1 rings (SSSR count). The molecule has 0 aromatic carbocycles. The molecule has 1 aromatic rings. The molecule has 0 aliphatic carbocycles. The number of methoxy groups -OCH3 is 1. The molecule has 0 aliphatic heterocycles. The van der Waals surface area contributed by atoms with E-state index in [1.807, 2.05) is 7.05 Å². The number of hydrogen-bond donors (Lipinski definition) is 1. The molecule has 1 N–H and O–H groups in total. The highest BCUT2D eigenvalue weighted by Gasteiger charge is 2.15. The summed E-state index contributed by atoms with van der Waals surface area (Å²) in [5.41, 5.74) is 0. The standard InChI is InChI=1S/C16H29NOS/c1-4-5-6-7-8-9-10-11-14(17-2)16-15(18-3)12-13-19-16/h12-14,17H,4-11H2,1-3H3. The molecular weight excluding hydrogens is 254 g/mol. The van der Waals surface area contributed by atoms with Gasteiger partial charge < -0.3 is 10.1 Å². The van der Waals surface area contributed by atoms with Crippen LogP contribution in [0.4, 0.5) is 0 Å². The van der Waals surface area contributed by atoms with Gasteiger partial charge in [0.1, 0.15) is 5.75 Å². The van der Waals surface area contributed by atoms with E-state index in [2.05, 4.69) is 23.7 Å². The van der Waals surface area contributed by atoms with Crippen LogP contribution < -0.4 is 10.1 Å². The predicted molar refractivity (Wildman–Crippen MR) is 85.3 cm³/mol. The Bertz CT molecular complexity index is 324.